The second kappa shape index (κ2) is 8.57. The minimum Gasteiger partial charge on any atom is -0.323 e. The van der Waals surface area contributed by atoms with E-state index in [0.29, 0.717) is 0 Å². The monoisotopic (exact) mass is 388 g/mol. The van der Waals surface area contributed by atoms with Crippen LogP contribution in [0.5, 0.6) is 0 Å². The molecular weight excluding hydrogens is 360 g/mol. The predicted molar refractivity (Wildman–Crippen MR) is 120 cm³/mol. The van der Waals surface area contributed by atoms with E-state index in [4.69, 9.17) is 15.0 Å². The van der Waals surface area contributed by atoms with Gasteiger partial charge in [-0.05, 0) is 44.3 Å². The first-order chi connectivity index (χ1) is 14.2. The Hall–Kier alpha value is -2.99. The maximum Gasteiger partial charge on any atom is 0.230 e. The van der Waals surface area contributed by atoms with Crippen molar-refractivity contribution in [2.75, 3.05) is 19.6 Å². The molecule has 0 saturated heterocycles. The van der Waals surface area contributed by atoms with Gasteiger partial charge in [0.15, 0.2) is 5.82 Å². The van der Waals surface area contributed by atoms with E-state index in [1.165, 1.54) is 0 Å². The minimum absolute atomic E-state index is 0.730. The number of aromatic nitrogens is 4. The maximum absolute atomic E-state index is 4.78. The van der Waals surface area contributed by atoms with Crippen molar-refractivity contribution in [1.82, 2.24) is 24.0 Å². The van der Waals surface area contributed by atoms with Gasteiger partial charge in [0.2, 0.25) is 5.95 Å². The van der Waals surface area contributed by atoms with Crippen LogP contribution in [-0.2, 0) is 13.1 Å². The van der Waals surface area contributed by atoms with E-state index in [2.05, 4.69) is 53.0 Å². The minimum atomic E-state index is 0.730. The van der Waals surface area contributed by atoms with E-state index < -0.39 is 0 Å². The molecule has 4 rings (SSSR count). The number of para-hydroxylation sites is 4. The van der Waals surface area contributed by atoms with E-state index in [1.54, 1.807) is 0 Å². The molecule has 6 heteroatoms. The van der Waals surface area contributed by atoms with Gasteiger partial charge in [0.05, 0.1) is 28.3 Å². The van der Waals surface area contributed by atoms with E-state index in [9.17, 15) is 0 Å². The molecule has 0 saturated carbocycles. The van der Waals surface area contributed by atoms with Crippen molar-refractivity contribution in [2.24, 2.45) is 4.99 Å². The summed E-state index contributed by atoms with van der Waals surface area (Å²) in [7, 11) is 0. The first kappa shape index (κ1) is 19.3. The molecule has 0 radical (unpaired) electrons. The zero-order valence-electron chi connectivity index (χ0n) is 17.4. The lowest BCUT2D eigenvalue weighted by atomic mass is 10.3. The molecule has 150 valence electrons. The lowest BCUT2D eigenvalue weighted by Gasteiger charge is -2.18. The molecule has 0 unspecified atom stereocenters. The van der Waals surface area contributed by atoms with Gasteiger partial charge in [0, 0.05) is 19.6 Å². The van der Waals surface area contributed by atoms with Crippen molar-refractivity contribution >= 4 is 34.2 Å². The van der Waals surface area contributed by atoms with Crippen LogP contribution in [0.2, 0.25) is 0 Å². The molecule has 2 aromatic heterocycles. The average molecular weight is 389 g/mol. The van der Waals surface area contributed by atoms with Crippen LogP contribution in [-0.4, -0.2) is 49.9 Å². The fraction of sp³-hybridized carbons (Fsp3) is 0.348. The Morgan fingerprint density at radius 1 is 0.862 bits per heavy atom. The van der Waals surface area contributed by atoms with Gasteiger partial charge in [0.1, 0.15) is 0 Å². The number of fused-ring (bicyclic) bond motifs is 2. The fourth-order valence-corrected chi connectivity index (χ4v) is 3.80. The number of hydrogen-bond donors (Lipinski definition) is 0. The topological polar surface area (TPSA) is 51.2 Å². The Kier molecular flexibility index (Phi) is 5.71. The number of aryl methyl sites for hydroxylation is 1. The fourth-order valence-electron chi connectivity index (χ4n) is 3.80. The van der Waals surface area contributed by atoms with Gasteiger partial charge in [-0.1, -0.05) is 38.1 Å². The van der Waals surface area contributed by atoms with Crippen LogP contribution in [0.4, 0.5) is 5.95 Å². The normalized spacial score (nSPS) is 12.1. The van der Waals surface area contributed by atoms with Gasteiger partial charge in [0.25, 0.3) is 0 Å². The molecule has 0 aliphatic rings. The molecule has 29 heavy (non-hydrogen) atoms. The van der Waals surface area contributed by atoms with Crippen molar-refractivity contribution in [3.63, 3.8) is 0 Å². The molecule has 0 aliphatic carbocycles. The maximum atomic E-state index is 4.78. The van der Waals surface area contributed by atoms with Gasteiger partial charge in [-0.25, -0.2) is 15.0 Å². The summed E-state index contributed by atoms with van der Waals surface area (Å²) in [5.41, 5.74) is 4.22. The highest BCUT2D eigenvalue weighted by molar-refractivity contribution is 5.86. The van der Waals surface area contributed by atoms with Crippen LogP contribution in [0.3, 0.4) is 0 Å². The Morgan fingerprint density at radius 3 is 2.14 bits per heavy atom. The Labute approximate surface area is 171 Å². The quantitative estimate of drug-likeness (QED) is 0.418. The summed E-state index contributed by atoms with van der Waals surface area (Å²) in [6.45, 7) is 11.3. The number of likely N-dealkylation sites (N-methyl/N-ethyl adjacent to an activating group) is 1. The third kappa shape index (κ3) is 3.80. The van der Waals surface area contributed by atoms with Crippen LogP contribution in [0.15, 0.2) is 53.5 Å². The number of benzene rings is 2. The predicted octanol–water partition coefficient (Wildman–Crippen LogP) is 4.50. The Morgan fingerprint density at radius 2 is 1.48 bits per heavy atom. The summed E-state index contributed by atoms with van der Waals surface area (Å²) in [5.74, 6) is 1.59. The van der Waals surface area contributed by atoms with Crippen LogP contribution in [0.1, 0.15) is 26.6 Å². The number of imidazole rings is 2. The molecule has 2 heterocycles. The van der Waals surface area contributed by atoms with Crippen LogP contribution < -0.4 is 0 Å². The standard InChI is InChI=1S/C23H28N6/c1-4-27(5-2)15-16-29-21-14-10-8-12-19(21)26-23(29)24-17-22-25-18-11-7-9-13-20(18)28(22)6-3/h7-14,17H,4-6,15-16H2,1-3H3. The Balaban J connectivity index is 1.71. The van der Waals surface area contributed by atoms with Crippen LogP contribution in [0, 0.1) is 0 Å². The summed E-state index contributed by atoms with van der Waals surface area (Å²) >= 11 is 0. The van der Waals surface area contributed by atoms with Crippen molar-refractivity contribution in [1.29, 1.82) is 0 Å². The molecule has 0 fully saturated rings. The summed E-state index contributed by atoms with van der Waals surface area (Å²) in [6.07, 6.45) is 1.85. The van der Waals surface area contributed by atoms with Crippen molar-refractivity contribution in [2.45, 2.75) is 33.9 Å². The summed E-state index contributed by atoms with van der Waals surface area (Å²) in [5, 5.41) is 0. The second-order valence-electron chi connectivity index (χ2n) is 7.04. The van der Waals surface area contributed by atoms with E-state index >= 15 is 0 Å². The van der Waals surface area contributed by atoms with Crippen LogP contribution in [0.25, 0.3) is 22.1 Å². The lowest BCUT2D eigenvalue weighted by Crippen LogP contribution is -2.26. The molecule has 4 aromatic rings. The largest absolute Gasteiger partial charge is 0.323 e. The van der Waals surface area contributed by atoms with Crippen molar-refractivity contribution < 1.29 is 0 Å². The molecule has 0 bridgehead atoms. The molecule has 2 aromatic carbocycles. The highest BCUT2D eigenvalue weighted by atomic mass is 15.2. The third-order valence-corrected chi connectivity index (χ3v) is 5.46. The number of rotatable bonds is 8. The van der Waals surface area contributed by atoms with E-state index in [0.717, 1.165) is 66.6 Å². The van der Waals surface area contributed by atoms with E-state index in [-0.39, 0.29) is 0 Å². The van der Waals surface area contributed by atoms with Gasteiger partial charge >= 0.3 is 0 Å². The Bertz CT molecular complexity index is 1130. The molecule has 0 amide bonds. The molecule has 0 spiro atoms. The van der Waals surface area contributed by atoms with Crippen molar-refractivity contribution in [3.8, 4) is 0 Å². The summed E-state index contributed by atoms with van der Waals surface area (Å²) < 4.78 is 4.39. The van der Waals surface area contributed by atoms with Gasteiger partial charge in [-0.3, -0.25) is 0 Å². The highest BCUT2D eigenvalue weighted by Gasteiger charge is 2.12. The third-order valence-electron chi connectivity index (χ3n) is 5.46. The van der Waals surface area contributed by atoms with Gasteiger partial charge < -0.3 is 14.0 Å². The highest BCUT2D eigenvalue weighted by Crippen LogP contribution is 2.22. The smallest absolute Gasteiger partial charge is 0.230 e. The SMILES string of the molecule is CCN(CC)CCn1c(N=Cc2nc3ccccc3n2CC)nc2ccccc21. The van der Waals surface area contributed by atoms with Crippen LogP contribution >= 0.6 is 0 Å². The lowest BCUT2D eigenvalue weighted by molar-refractivity contribution is 0.292. The number of aliphatic imine (C=N–C) groups is 1. The molecule has 0 N–H and O–H groups in total. The summed E-state index contributed by atoms with van der Waals surface area (Å²) in [4.78, 5) is 16.7. The van der Waals surface area contributed by atoms with Crippen molar-refractivity contribution in [3.05, 3.63) is 54.4 Å². The first-order valence-corrected chi connectivity index (χ1v) is 10.4. The second-order valence-corrected chi connectivity index (χ2v) is 7.04. The molecule has 0 atom stereocenters. The van der Waals surface area contributed by atoms with Gasteiger partial charge in [-0.15, -0.1) is 0 Å². The zero-order chi connectivity index (χ0) is 20.2. The molecule has 6 nitrogen and oxygen atoms in total. The zero-order valence-corrected chi connectivity index (χ0v) is 17.4. The van der Waals surface area contributed by atoms with E-state index in [1.807, 2.05) is 36.5 Å². The number of hydrogen-bond acceptors (Lipinski definition) is 4. The summed E-state index contributed by atoms with van der Waals surface area (Å²) in [6, 6.07) is 16.4. The van der Waals surface area contributed by atoms with Gasteiger partial charge in [-0.2, -0.15) is 0 Å². The molecular formula is C23H28N6. The molecule has 0 aliphatic heterocycles. The number of nitrogens with zero attached hydrogens (tertiary/aromatic N) is 6. The first-order valence-electron chi connectivity index (χ1n) is 10.4. The average Bonchev–Trinajstić information content (AvgIpc) is 3.30.